The van der Waals surface area contributed by atoms with E-state index in [2.05, 4.69) is 40.7 Å². The number of aliphatic hydroxyl groups is 13. The number of hydrogen-bond acceptors (Lipinski definition) is 24. The van der Waals surface area contributed by atoms with Crippen LogP contribution in [0.5, 0.6) is 0 Å². The third-order valence-electron chi connectivity index (χ3n) is 21.8. The number of methoxy groups -OCH3 is 1. The third kappa shape index (κ3) is 9.87. The van der Waals surface area contributed by atoms with E-state index in [0.717, 1.165) is 18.4 Å². The largest absolute Gasteiger partial charge is 0.469 e. The molecule has 0 aromatic rings. The molecule has 4 saturated carbocycles. The Morgan fingerprint density at radius 3 is 1.66 bits per heavy atom. The summed E-state index contributed by atoms with van der Waals surface area (Å²) in [6.07, 6.45) is -25.8. The van der Waals surface area contributed by atoms with E-state index in [1.54, 1.807) is 0 Å². The SMILES string of the molecule is COC(=O)[C@@]1(C)CC[C@]2(C(=O)O[C@@H]3O[C@H](CO)[C@@H](O)[C@H](O)[C@H]3O)CC[C@]3(C)C(=CC[C@H]4[C@@]5(C)CC[C@H](O[C@@H]6O[C@H](CO)[C@@H](O)[C@H](O)[C@H]6O[C@@H]6O[C@H](CO)[C@@H](O)[C@H](O)[C@H]6O[C@@H]6O[C@@H](C)[C@H](O)[C@@H](O)[C@H]6O)C(C)(C)[C@H]5CC[C@]43C)[C@H]2C1. The van der Waals surface area contributed by atoms with E-state index in [-0.39, 0.29) is 35.5 Å². The van der Waals surface area contributed by atoms with Gasteiger partial charge in [-0.25, -0.2) is 0 Å². The minimum Gasteiger partial charge on any atom is -0.469 e. The molecule has 24 nitrogen and oxygen atoms in total. The smallest absolute Gasteiger partial charge is 0.315 e. The van der Waals surface area contributed by atoms with Gasteiger partial charge in [0.05, 0.1) is 50.0 Å². The molecule has 0 unspecified atom stereocenters. The molecule has 13 N–H and O–H groups in total. The van der Waals surface area contributed by atoms with Crippen LogP contribution in [0.3, 0.4) is 0 Å². The van der Waals surface area contributed by atoms with Crippen molar-refractivity contribution in [2.45, 2.75) is 242 Å². The van der Waals surface area contributed by atoms with Gasteiger partial charge in [0.15, 0.2) is 18.9 Å². The molecule has 29 atom stereocenters. The van der Waals surface area contributed by atoms with Crippen molar-refractivity contribution in [3.05, 3.63) is 11.6 Å². The Balaban J connectivity index is 0.980. The number of fused-ring (bicyclic) bond motifs is 7. The second-order valence-electron chi connectivity index (χ2n) is 26.1. The summed E-state index contributed by atoms with van der Waals surface area (Å²) in [6, 6.07) is 0. The summed E-state index contributed by atoms with van der Waals surface area (Å²) < 4.78 is 53.9. The molecule has 0 bridgehead atoms. The number of hydrogen-bond donors (Lipinski definition) is 13. The van der Waals surface area contributed by atoms with E-state index in [4.69, 9.17) is 42.6 Å². The Morgan fingerprint density at radius 1 is 0.557 bits per heavy atom. The lowest BCUT2D eigenvalue weighted by atomic mass is 9.33. The van der Waals surface area contributed by atoms with Crippen LogP contribution in [-0.2, 0) is 52.2 Å². The maximum Gasteiger partial charge on any atom is 0.315 e. The lowest BCUT2D eigenvalue weighted by molar-refractivity contribution is -0.397. The summed E-state index contributed by atoms with van der Waals surface area (Å²) in [6.45, 7) is 12.2. The van der Waals surface area contributed by atoms with Gasteiger partial charge in [-0.2, -0.15) is 0 Å². The fraction of sp³-hybridized carbons (Fsp3) is 0.927. The van der Waals surface area contributed by atoms with Gasteiger partial charge in [0, 0.05) is 0 Å². The molecule has 8 fully saturated rings. The summed E-state index contributed by atoms with van der Waals surface area (Å²) in [7, 11) is 1.35. The molecule has 4 heterocycles. The Kier molecular flexibility index (Phi) is 17.4. The molecule has 9 rings (SSSR count). The number of esters is 2. The summed E-state index contributed by atoms with van der Waals surface area (Å²) >= 11 is 0. The molecule has 452 valence electrons. The first kappa shape index (κ1) is 61.4. The van der Waals surface area contributed by atoms with Crippen molar-refractivity contribution in [1.82, 2.24) is 0 Å². The van der Waals surface area contributed by atoms with Crippen LogP contribution in [0.1, 0.15) is 113 Å². The molecular weight excluding hydrogens is 1040 g/mol. The number of aliphatic hydroxyl groups excluding tert-OH is 13. The van der Waals surface area contributed by atoms with Crippen LogP contribution in [0.15, 0.2) is 11.6 Å². The number of ether oxygens (including phenoxy) is 9. The van der Waals surface area contributed by atoms with Gasteiger partial charge >= 0.3 is 11.9 Å². The molecule has 0 amide bonds. The number of allylic oxidation sites excluding steroid dienone is 2. The third-order valence-corrected chi connectivity index (χ3v) is 21.8. The maximum atomic E-state index is 14.9. The highest BCUT2D eigenvalue weighted by Crippen LogP contribution is 2.76. The van der Waals surface area contributed by atoms with E-state index < -0.39 is 188 Å². The molecule has 0 aromatic carbocycles. The summed E-state index contributed by atoms with van der Waals surface area (Å²) in [5.74, 6) is -1.41. The van der Waals surface area contributed by atoms with Gasteiger partial charge in [-0.05, 0) is 117 Å². The van der Waals surface area contributed by atoms with Crippen molar-refractivity contribution in [1.29, 1.82) is 0 Å². The lowest BCUT2D eigenvalue weighted by Gasteiger charge is -2.71. The van der Waals surface area contributed by atoms with E-state index in [1.807, 2.05) is 6.92 Å². The fourth-order valence-corrected chi connectivity index (χ4v) is 16.7. The zero-order valence-corrected chi connectivity index (χ0v) is 46.4. The van der Waals surface area contributed by atoms with E-state index in [1.165, 1.54) is 14.0 Å². The molecule has 4 saturated heterocycles. The summed E-state index contributed by atoms with van der Waals surface area (Å²) in [5.41, 5.74) is -2.77. The topological polar surface area (TPSA) is 380 Å². The van der Waals surface area contributed by atoms with Gasteiger partial charge < -0.3 is 109 Å². The minimum atomic E-state index is -1.89. The van der Waals surface area contributed by atoms with E-state index >= 15 is 0 Å². The Labute approximate surface area is 459 Å². The molecule has 79 heavy (non-hydrogen) atoms. The van der Waals surface area contributed by atoms with Crippen LogP contribution in [0, 0.1) is 50.2 Å². The first-order valence-corrected chi connectivity index (χ1v) is 28.3. The molecule has 0 spiro atoms. The number of carbonyl (C=O) groups excluding carboxylic acids is 2. The highest BCUT2D eigenvalue weighted by molar-refractivity contribution is 5.81. The summed E-state index contributed by atoms with van der Waals surface area (Å²) in [5, 5.41) is 140. The predicted molar refractivity (Wildman–Crippen MR) is 268 cm³/mol. The van der Waals surface area contributed by atoms with Crippen molar-refractivity contribution in [2.24, 2.45) is 50.2 Å². The van der Waals surface area contributed by atoms with Gasteiger partial charge in [0.25, 0.3) is 0 Å². The highest BCUT2D eigenvalue weighted by atomic mass is 16.8. The summed E-state index contributed by atoms with van der Waals surface area (Å²) in [4.78, 5) is 28.5. The van der Waals surface area contributed by atoms with Gasteiger partial charge in [0.2, 0.25) is 6.29 Å². The molecule has 0 aromatic heterocycles. The zero-order valence-electron chi connectivity index (χ0n) is 46.4. The quantitative estimate of drug-likeness (QED) is 0.0579. The Bertz CT molecular complexity index is 2220. The first-order chi connectivity index (χ1) is 37.0. The van der Waals surface area contributed by atoms with Crippen molar-refractivity contribution in [3.8, 4) is 0 Å². The standard InChI is InChI=1S/C55H88O24/c1-23-32(59)36(63)40(67)44(72-23)77-43-39(66)35(62)28(22-58)75-47(43)78-42-38(65)34(61)27(21-57)74-46(42)76-31-12-13-52(5)29(50(31,2)3)11-14-54(7)30(52)10-9-24-25-19-51(4,48(69)71-8)15-17-55(25,18-16-53(24,54)6)49(70)79-45-41(68)37(64)33(60)26(20-56)73-45/h9,23,25-47,56-68H,10-22H2,1-8H3/t23-,25+,26+,27+,28+,29+,30-,31-,32-,33+,34+,35+,36+,37-,38-,39-,40+,41+,42+,43+,44-,45-,46-,47-,51-,52-,53+,54+,55-/m0/s1. The molecule has 0 radical (unpaired) electrons. The van der Waals surface area contributed by atoms with Crippen LogP contribution < -0.4 is 0 Å². The van der Waals surface area contributed by atoms with Gasteiger partial charge in [-0.1, -0.05) is 46.3 Å². The average Bonchev–Trinajstić information content (AvgIpc) is 3.51. The van der Waals surface area contributed by atoms with Gasteiger partial charge in [0.1, 0.15) is 91.6 Å². The van der Waals surface area contributed by atoms with Crippen LogP contribution >= 0.6 is 0 Å². The van der Waals surface area contributed by atoms with E-state index in [0.29, 0.717) is 38.5 Å². The van der Waals surface area contributed by atoms with Gasteiger partial charge in [-0.15, -0.1) is 0 Å². The van der Waals surface area contributed by atoms with Crippen molar-refractivity contribution < 1.29 is 119 Å². The molecule has 4 aliphatic heterocycles. The second kappa shape index (κ2) is 22.4. The van der Waals surface area contributed by atoms with Crippen molar-refractivity contribution in [3.63, 3.8) is 0 Å². The average molecular weight is 1130 g/mol. The normalized spacial score (nSPS) is 53.5. The Morgan fingerprint density at radius 2 is 1.08 bits per heavy atom. The second-order valence-corrected chi connectivity index (χ2v) is 26.1. The van der Waals surface area contributed by atoms with Crippen LogP contribution in [-0.4, -0.2) is 234 Å². The Hall–Kier alpha value is -2.12. The van der Waals surface area contributed by atoms with Crippen molar-refractivity contribution >= 4 is 11.9 Å². The highest BCUT2D eigenvalue weighted by Gasteiger charge is 2.71. The van der Waals surface area contributed by atoms with Crippen molar-refractivity contribution in [2.75, 3.05) is 26.9 Å². The van der Waals surface area contributed by atoms with Crippen LogP contribution in [0.25, 0.3) is 0 Å². The molecule has 9 aliphatic rings. The lowest BCUT2D eigenvalue weighted by Crippen LogP contribution is -2.68. The number of rotatable bonds is 12. The molecular formula is C55H88O24. The minimum absolute atomic E-state index is 0.0237. The van der Waals surface area contributed by atoms with Crippen LogP contribution in [0.4, 0.5) is 0 Å². The predicted octanol–water partition coefficient (Wildman–Crippen LogP) is -1.85. The molecule has 24 heteroatoms. The monoisotopic (exact) mass is 1130 g/mol. The zero-order chi connectivity index (χ0) is 57.9. The maximum absolute atomic E-state index is 14.9. The van der Waals surface area contributed by atoms with Gasteiger partial charge in [-0.3, -0.25) is 9.59 Å². The van der Waals surface area contributed by atoms with E-state index in [9.17, 15) is 76.0 Å². The first-order valence-electron chi connectivity index (χ1n) is 28.3. The molecule has 5 aliphatic carbocycles. The van der Waals surface area contributed by atoms with Crippen LogP contribution in [0.2, 0.25) is 0 Å². The number of carbonyl (C=O) groups is 2. The fourth-order valence-electron chi connectivity index (χ4n) is 16.7.